The average molecular weight is 270 g/mol. The second-order valence-electron chi connectivity index (χ2n) is 6.74. The van der Waals surface area contributed by atoms with Gasteiger partial charge in [0.05, 0.1) is 0 Å². The molecule has 3 heteroatoms. The molecule has 1 aromatic carbocycles. The molecule has 0 spiro atoms. The lowest BCUT2D eigenvalue weighted by Gasteiger charge is -2.22. The van der Waals surface area contributed by atoms with Gasteiger partial charge in [-0.15, -0.1) is 0 Å². The number of carbonyl (C=O) groups excluding carboxylic acids is 1. The van der Waals surface area contributed by atoms with Crippen LogP contribution in [0, 0.1) is 17.8 Å². The summed E-state index contributed by atoms with van der Waals surface area (Å²) in [7, 11) is 0. The van der Waals surface area contributed by atoms with Crippen LogP contribution >= 0.6 is 0 Å². The molecule has 0 aromatic heterocycles. The van der Waals surface area contributed by atoms with E-state index in [0.717, 1.165) is 36.4 Å². The molecule has 0 radical (unpaired) electrons. The van der Waals surface area contributed by atoms with Gasteiger partial charge in [0.15, 0.2) is 0 Å². The van der Waals surface area contributed by atoms with Gasteiger partial charge in [-0.05, 0) is 48.6 Å². The highest BCUT2D eigenvalue weighted by Crippen LogP contribution is 2.47. The van der Waals surface area contributed by atoms with Gasteiger partial charge in [0.25, 0.3) is 0 Å². The molecule has 20 heavy (non-hydrogen) atoms. The normalized spacial score (nSPS) is 33.8. The monoisotopic (exact) mass is 270 g/mol. The van der Waals surface area contributed by atoms with Gasteiger partial charge >= 0.3 is 0 Å². The number of hydrogen-bond acceptors (Lipinski definition) is 2. The summed E-state index contributed by atoms with van der Waals surface area (Å²) in [5.74, 6) is 2.75. The van der Waals surface area contributed by atoms with Crippen LogP contribution in [0.5, 0.6) is 0 Å². The molecule has 3 aliphatic rings. The Labute approximate surface area is 120 Å². The molecule has 2 aliphatic carbocycles. The highest BCUT2D eigenvalue weighted by atomic mass is 16.2. The standard InChI is InChI=1S/C17H22N2O/c20-17(16-9-13-3-1-2-4-15(13)19-16)18-10-14-8-11-5-6-12(14)7-11/h1-4,11-12,14,16,19H,5-10H2,(H,18,20). The third-order valence-corrected chi connectivity index (χ3v) is 5.51. The predicted octanol–water partition coefficient (Wildman–Crippen LogP) is 2.58. The first-order chi connectivity index (χ1) is 9.79. The number of anilines is 1. The number of carbonyl (C=O) groups is 1. The van der Waals surface area contributed by atoms with Gasteiger partial charge in [-0.1, -0.05) is 24.6 Å². The molecule has 2 fully saturated rings. The third kappa shape index (κ3) is 2.09. The molecule has 1 amide bonds. The summed E-state index contributed by atoms with van der Waals surface area (Å²) in [6.45, 7) is 0.883. The van der Waals surface area contributed by atoms with Gasteiger partial charge in [-0.3, -0.25) is 4.79 Å². The molecule has 106 valence electrons. The lowest BCUT2D eigenvalue weighted by Crippen LogP contribution is -2.41. The molecule has 4 rings (SSSR count). The quantitative estimate of drug-likeness (QED) is 0.886. The van der Waals surface area contributed by atoms with Crippen LogP contribution in [0.1, 0.15) is 31.2 Å². The Kier molecular flexibility index (Phi) is 2.94. The molecule has 1 aliphatic heterocycles. The number of nitrogens with one attached hydrogen (secondary N) is 2. The maximum Gasteiger partial charge on any atom is 0.242 e. The maximum atomic E-state index is 12.3. The minimum atomic E-state index is -0.0778. The van der Waals surface area contributed by atoms with Gasteiger partial charge < -0.3 is 10.6 Å². The van der Waals surface area contributed by atoms with E-state index in [4.69, 9.17) is 0 Å². The Hall–Kier alpha value is -1.51. The van der Waals surface area contributed by atoms with Gasteiger partial charge in [0.2, 0.25) is 5.91 Å². The number of fused-ring (bicyclic) bond motifs is 3. The first-order valence-corrected chi connectivity index (χ1v) is 7.92. The number of rotatable bonds is 3. The SMILES string of the molecule is O=C(NCC1CC2CCC1C2)C1Cc2ccccc2N1. The molecule has 2 saturated carbocycles. The second kappa shape index (κ2) is 4.80. The molecule has 4 atom stereocenters. The summed E-state index contributed by atoms with van der Waals surface area (Å²) in [4.78, 5) is 12.3. The molecule has 4 unspecified atom stereocenters. The highest BCUT2D eigenvalue weighted by Gasteiger charge is 2.39. The van der Waals surface area contributed by atoms with Crippen molar-refractivity contribution >= 4 is 11.6 Å². The minimum Gasteiger partial charge on any atom is -0.373 e. The van der Waals surface area contributed by atoms with E-state index in [1.54, 1.807) is 0 Å². The van der Waals surface area contributed by atoms with Gasteiger partial charge in [-0.25, -0.2) is 0 Å². The predicted molar refractivity (Wildman–Crippen MR) is 79.5 cm³/mol. The Morgan fingerprint density at radius 1 is 1.25 bits per heavy atom. The zero-order valence-electron chi connectivity index (χ0n) is 11.8. The molecular formula is C17H22N2O. The van der Waals surface area contributed by atoms with Crippen molar-refractivity contribution in [1.82, 2.24) is 5.32 Å². The number of amides is 1. The van der Waals surface area contributed by atoms with E-state index in [-0.39, 0.29) is 11.9 Å². The lowest BCUT2D eigenvalue weighted by atomic mass is 9.89. The Morgan fingerprint density at radius 3 is 2.90 bits per heavy atom. The smallest absolute Gasteiger partial charge is 0.242 e. The Balaban J connectivity index is 1.31. The summed E-state index contributed by atoms with van der Waals surface area (Å²) >= 11 is 0. The second-order valence-corrected chi connectivity index (χ2v) is 6.74. The van der Waals surface area contributed by atoms with Crippen molar-refractivity contribution in [2.24, 2.45) is 17.8 Å². The van der Waals surface area contributed by atoms with Crippen molar-refractivity contribution in [1.29, 1.82) is 0 Å². The molecular weight excluding hydrogens is 248 g/mol. The molecule has 2 bridgehead atoms. The van der Waals surface area contributed by atoms with Gasteiger partial charge in [-0.2, -0.15) is 0 Å². The van der Waals surface area contributed by atoms with Gasteiger partial charge in [0, 0.05) is 18.7 Å². The fourth-order valence-electron chi connectivity index (χ4n) is 4.44. The van der Waals surface area contributed by atoms with Crippen molar-refractivity contribution in [3.63, 3.8) is 0 Å². The number of para-hydroxylation sites is 1. The lowest BCUT2D eigenvalue weighted by molar-refractivity contribution is -0.122. The van der Waals surface area contributed by atoms with Crippen molar-refractivity contribution in [3.8, 4) is 0 Å². The highest BCUT2D eigenvalue weighted by molar-refractivity contribution is 5.87. The van der Waals surface area contributed by atoms with Crippen LogP contribution in [0.4, 0.5) is 5.69 Å². The summed E-state index contributed by atoms with van der Waals surface area (Å²) in [6.07, 6.45) is 6.38. The summed E-state index contributed by atoms with van der Waals surface area (Å²) in [5.41, 5.74) is 2.38. The van der Waals surface area contributed by atoms with E-state index in [0.29, 0.717) is 0 Å². The van der Waals surface area contributed by atoms with Crippen molar-refractivity contribution in [3.05, 3.63) is 29.8 Å². The molecule has 0 saturated heterocycles. The van der Waals surface area contributed by atoms with Crippen LogP contribution < -0.4 is 10.6 Å². The van der Waals surface area contributed by atoms with E-state index in [9.17, 15) is 4.79 Å². The van der Waals surface area contributed by atoms with E-state index >= 15 is 0 Å². The minimum absolute atomic E-state index is 0.0778. The summed E-state index contributed by atoms with van der Waals surface area (Å²) in [5, 5.41) is 6.52. The van der Waals surface area contributed by atoms with Crippen LogP contribution in [0.25, 0.3) is 0 Å². The van der Waals surface area contributed by atoms with Crippen LogP contribution in [0.15, 0.2) is 24.3 Å². The maximum absolute atomic E-state index is 12.3. The van der Waals surface area contributed by atoms with E-state index < -0.39 is 0 Å². The van der Waals surface area contributed by atoms with Crippen molar-refractivity contribution in [2.75, 3.05) is 11.9 Å². The topological polar surface area (TPSA) is 41.1 Å². The number of hydrogen-bond donors (Lipinski definition) is 2. The molecule has 1 aromatic rings. The average Bonchev–Trinajstić information content (AvgIpc) is 3.18. The van der Waals surface area contributed by atoms with Crippen molar-refractivity contribution in [2.45, 2.75) is 38.1 Å². The van der Waals surface area contributed by atoms with E-state index in [1.807, 2.05) is 12.1 Å². The zero-order chi connectivity index (χ0) is 13.5. The van der Waals surface area contributed by atoms with E-state index in [2.05, 4.69) is 22.8 Å². The molecule has 1 heterocycles. The Morgan fingerprint density at radius 2 is 2.15 bits per heavy atom. The fraction of sp³-hybridized carbons (Fsp3) is 0.588. The van der Waals surface area contributed by atoms with Gasteiger partial charge in [0.1, 0.15) is 6.04 Å². The first kappa shape index (κ1) is 12.2. The largest absolute Gasteiger partial charge is 0.373 e. The van der Waals surface area contributed by atoms with Crippen LogP contribution in [-0.4, -0.2) is 18.5 Å². The summed E-state index contributed by atoms with van der Waals surface area (Å²) in [6, 6.07) is 8.13. The summed E-state index contributed by atoms with van der Waals surface area (Å²) < 4.78 is 0. The van der Waals surface area contributed by atoms with Crippen LogP contribution in [0.3, 0.4) is 0 Å². The van der Waals surface area contributed by atoms with Crippen LogP contribution in [-0.2, 0) is 11.2 Å². The molecule has 3 nitrogen and oxygen atoms in total. The first-order valence-electron chi connectivity index (χ1n) is 7.92. The third-order valence-electron chi connectivity index (χ3n) is 5.51. The molecule has 2 N–H and O–H groups in total. The fourth-order valence-corrected chi connectivity index (χ4v) is 4.44. The number of benzene rings is 1. The Bertz CT molecular complexity index is 502. The van der Waals surface area contributed by atoms with E-state index in [1.165, 1.54) is 31.2 Å². The zero-order valence-corrected chi connectivity index (χ0v) is 11.8. The van der Waals surface area contributed by atoms with Crippen LogP contribution in [0.2, 0.25) is 0 Å². The van der Waals surface area contributed by atoms with Crippen molar-refractivity contribution < 1.29 is 4.79 Å².